The molecule has 1 aliphatic rings. The summed E-state index contributed by atoms with van der Waals surface area (Å²) in [5.74, 6) is 1.76. The van der Waals surface area contributed by atoms with E-state index in [0.29, 0.717) is 29.4 Å². The van der Waals surface area contributed by atoms with Crippen LogP contribution in [0.5, 0.6) is 11.5 Å². The molecule has 0 saturated carbocycles. The Morgan fingerprint density at radius 3 is 2.82 bits per heavy atom. The van der Waals surface area contributed by atoms with E-state index in [9.17, 15) is 5.11 Å². The molecule has 1 unspecified atom stereocenters. The second-order valence-electron chi connectivity index (χ2n) is 8.33. The molecular formula is C25H28N4O4. The van der Waals surface area contributed by atoms with Crippen LogP contribution in [0, 0.1) is 0 Å². The van der Waals surface area contributed by atoms with Gasteiger partial charge in [-0.3, -0.25) is 0 Å². The van der Waals surface area contributed by atoms with Crippen molar-refractivity contribution in [2.45, 2.75) is 25.4 Å². The van der Waals surface area contributed by atoms with E-state index >= 15 is 0 Å². The Morgan fingerprint density at radius 1 is 1.09 bits per heavy atom. The predicted molar refractivity (Wildman–Crippen MR) is 127 cm³/mol. The average molecular weight is 449 g/mol. The zero-order chi connectivity index (χ0) is 22.6. The van der Waals surface area contributed by atoms with E-state index in [1.807, 2.05) is 36.4 Å². The van der Waals surface area contributed by atoms with E-state index in [1.54, 1.807) is 13.4 Å². The van der Waals surface area contributed by atoms with E-state index in [0.717, 1.165) is 35.1 Å². The second-order valence-corrected chi connectivity index (χ2v) is 8.33. The van der Waals surface area contributed by atoms with Gasteiger partial charge in [0.2, 0.25) is 0 Å². The van der Waals surface area contributed by atoms with Crippen molar-refractivity contribution in [2.24, 2.45) is 0 Å². The first-order valence-corrected chi connectivity index (χ1v) is 11.3. The van der Waals surface area contributed by atoms with Crippen molar-refractivity contribution in [2.75, 3.05) is 38.7 Å². The fraction of sp³-hybridized carbons (Fsp3) is 0.360. The largest absolute Gasteiger partial charge is 0.493 e. The van der Waals surface area contributed by atoms with Crippen LogP contribution in [0.15, 0.2) is 53.4 Å². The van der Waals surface area contributed by atoms with Gasteiger partial charge in [-0.1, -0.05) is 12.5 Å². The topological polar surface area (TPSA) is 92.9 Å². The molecule has 172 valence electrons. The number of piperidine rings is 1. The van der Waals surface area contributed by atoms with Crippen LogP contribution in [-0.2, 0) is 0 Å². The number of nitrogens with zero attached hydrogens (tertiary/aromatic N) is 3. The van der Waals surface area contributed by atoms with E-state index in [4.69, 9.17) is 13.9 Å². The minimum Gasteiger partial charge on any atom is -0.493 e. The summed E-state index contributed by atoms with van der Waals surface area (Å²) in [6.07, 6.45) is 6.27. The van der Waals surface area contributed by atoms with E-state index in [-0.39, 0.29) is 6.61 Å². The zero-order valence-electron chi connectivity index (χ0n) is 18.7. The van der Waals surface area contributed by atoms with Gasteiger partial charge in [0.15, 0.2) is 11.5 Å². The Kier molecular flexibility index (Phi) is 6.28. The third-order valence-electron chi connectivity index (χ3n) is 6.02. The molecule has 3 heterocycles. The van der Waals surface area contributed by atoms with E-state index in [1.165, 1.54) is 25.6 Å². The number of nitrogens with one attached hydrogen (secondary N) is 1. The summed E-state index contributed by atoms with van der Waals surface area (Å²) < 4.78 is 17.0. The van der Waals surface area contributed by atoms with Gasteiger partial charge in [-0.25, -0.2) is 9.97 Å². The second kappa shape index (κ2) is 9.64. The van der Waals surface area contributed by atoms with Crippen molar-refractivity contribution in [3.63, 3.8) is 0 Å². The van der Waals surface area contributed by atoms with Crippen LogP contribution >= 0.6 is 0 Å². The smallest absolute Gasteiger partial charge is 0.163 e. The van der Waals surface area contributed by atoms with Crippen LogP contribution < -0.4 is 14.8 Å². The van der Waals surface area contributed by atoms with Crippen LogP contribution in [0.4, 0.5) is 11.5 Å². The average Bonchev–Trinajstić information content (AvgIpc) is 3.33. The molecule has 33 heavy (non-hydrogen) atoms. The number of furan rings is 1. The Labute approximate surface area is 192 Å². The number of fused-ring (bicyclic) bond motifs is 2. The van der Waals surface area contributed by atoms with Crippen molar-refractivity contribution in [1.29, 1.82) is 0 Å². The van der Waals surface area contributed by atoms with Crippen LogP contribution in [0.1, 0.15) is 19.3 Å². The summed E-state index contributed by atoms with van der Waals surface area (Å²) in [6, 6.07) is 11.4. The van der Waals surface area contributed by atoms with Crippen LogP contribution in [0.25, 0.3) is 21.9 Å². The molecule has 0 aliphatic carbocycles. The van der Waals surface area contributed by atoms with Crippen molar-refractivity contribution >= 4 is 33.4 Å². The first-order chi connectivity index (χ1) is 16.2. The Hall–Kier alpha value is -3.36. The fourth-order valence-corrected chi connectivity index (χ4v) is 4.35. The van der Waals surface area contributed by atoms with E-state index < -0.39 is 6.10 Å². The van der Waals surface area contributed by atoms with Gasteiger partial charge in [0.25, 0.3) is 0 Å². The number of methoxy groups -OCH3 is 1. The Bertz CT molecular complexity index is 1240. The quantitative estimate of drug-likeness (QED) is 0.411. The number of likely N-dealkylation sites (tertiary alicyclic amines) is 1. The SMILES string of the molecule is COc1cc2c(Nc3cccc4occc34)ncnc2cc1OCC(O)CN1CCCCC1. The van der Waals surface area contributed by atoms with Gasteiger partial charge in [-0.2, -0.15) is 0 Å². The molecule has 0 amide bonds. The maximum atomic E-state index is 10.5. The summed E-state index contributed by atoms with van der Waals surface area (Å²) in [7, 11) is 1.60. The lowest BCUT2D eigenvalue weighted by atomic mass is 10.1. The van der Waals surface area contributed by atoms with Gasteiger partial charge in [0.1, 0.15) is 30.4 Å². The number of anilines is 2. The number of hydrogen-bond acceptors (Lipinski definition) is 8. The minimum absolute atomic E-state index is 0.192. The maximum absolute atomic E-state index is 10.5. The van der Waals surface area contributed by atoms with Gasteiger partial charge in [0.05, 0.1) is 24.6 Å². The van der Waals surface area contributed by atoms with Gasteiger partial charge in [-0.15, -0.1) is 0 Å². The molecule has 5 rings (SSSR count). The number of ether oxygens (including phenoxy) is 2. The van der Waals surface area contributed by atoms with Crippen molar-refractivity contribution in [3.05, 3.63) is 49.0 Å². The molecule has 8 nitrogen and oxygen atoms in total. The van der Waals surface area contributed by atoms with Crippen molar-refractivity contribution < 1.29 is 19.0 Å². The van der Waals surface area contributed by atoms with Gasteiger partial charge in [0, 0.05) is 23.4 Å². The molecule has 1 saturated heterocycles. The summed E-state index contributed by atoms with van der Waals surface area (Å²) in [4.78, 5) is 11.2. The molecule has 8 heteroatoms. The number of aliphatic hydroxyl groups excluding tert-OH is 1. The molecule has 1 atom stereocenters. The molecular weight excluding hydrogens is 420 g/mol. The summed E-state index contributed by atoms with van der Waals surface area (Å²) in [5.41, 5.74) is 2.41. The first kappa shape index (κ1) is 21.5. The molecule has 1 fully saturated rings. The maximum Gasteiger partial charge on any atom is 0.163 e. The molecule has 2 N–H and O–H groups in total. The van der Waals surface area contributed by atoms with Crippen LogP contribution in [0.3, 0.4) is 0 Å². The van der Waals surface area contributed by atoms with Crippen LogP contribution in [-0.4, -0.2) is 59.4 Å². The zero-order valence-corrected chi connectivity index (χ0v) is 18.7. The van der Waals surface area contributed by atoms with Gasteiger partial charge in [-0.05, 0) is 50.2 Å². The first-order valence-electron chi connectivity index (χ1n) is 11.3. The number of hydrogen-bond donors (Lipinski definition) is 2. The lowest BCUT2D eigenvalue weighted by Gasteiger charge is -2.28. The number of β-amino-alcohol motifs (C(OH)–C–C–N with tert-alkyl or cyclic N) is 1. The third-order valence-corrected chi connectivity index (χ3v) is 6.02. The normalized spacial score (nSPS) is 15.6. The third kappa shape index (κ3) is 4.72. The molecule has 2 aromatic carbocycles. The standard InChI is InChI=1S/C25H28N4O4/c1-31-23-12-19-21(13-24(23)33-15-17(30)14-29-9-3-2-4-10-29)26-16-27-25(19)28-20-6-5-7-22-18(20)8-11-32-22/h5-8,11-13,16-17,30H,2-4,9-10,14-15H2,1H3,(H,26,27,28). The number of rotatable bonds is 8. The van der Waals surface area contributed by atoms with Crippen molar-refractivity contribution in [3.8, 4) is 11.5 Å². The van der Waals surface area contributed by atoms with Crippen molar-refractivity contribution in [1.82, 2.24) is 14.9 Å². The monoisotopic (exact) mass is 448 g/mol. The Morgan fingerprint density at radius 2 is 1.97 bits per heavy atom. The molecule has 0 radical (unpaired) electrons. The summed E-state index contributed by atoms with van der Waals surface area (Å²) >= 11 is 0. The van der Waals surface area contributed by atoms with Gasteiger partial charge >= 0.3 is 0 Å². The molecule has 1 aliphatic heterocycles. The lowest BCUT2D eigenvalue weighted by Crippen LogP contribution is -2.38. The number of aromatic nitrogens is 2. The highest BCUT2D eigenvalue weighted by Crippen LogP contribution is 2.36. The summed E-state index contributed by atoms with van der Waals surface area (Å²) in [5, 5.41) is 15.6. The fourth-order valence-electron chi connectivity index (χ4n) is 4.35. The number of aliphatic hydroxyl groups is 1. The van der Waals surface area contributed by atoms with E-state index in [2.05, 4.69) is 20.2 Å². The molecule has 4 aromatic rings. The highest BCUT2D eigenvalue weighted by atomic mass is 16.5. The highest BCUT2D eigenvalue weighted by molar-refractivity contribution is 5.97. The molecule has 2 aromatic heterocycles. The summed E-state index contributed by atoms with van der Waals surface area (Å²) in [6.45, 7) is 2.88. The van der Waals surface area contributed by atoms with Crippen LogP contribution in [0.2, 0.25) is 0 Å². The van der Waals surface area contributed by atoms with Gasteiger partial charge < -0.3 is 29.2 Å². The molecule has 0 spiro atoms. The molecule has 0 bridgehead atoms. The number of benzene rings is 2. The minimum atomic E-state index is -0.568. The lowest BCUT2D eigenvalue weighted by molar-refractivity contribution is 0.0609. The Balaban J connectivity index is 1.36. The highest BCUT2D eigenvalue weighted by Gasteiger charge is 2.17. The predicted octanol–water partition coefficient (Wildman–Crippen LogP) is 4.35.